The van der Waals surface area contributed by atoms with Gasteiger partial charge in [-0.3, -0.25) is 4.99 Å². The molecule has 0 radical (unpaired) electrons. The number of guanidine groups is 1. The molecule has 6 nitrogen and oxygen atoms in total. The number of ether oxygens (including phenoxy) is 1. The van der Waals surface area contributed by atoms with Gasteiger partial charge in [0.25, 0.3) is 0 Å². The lowest BCUT2D eigenvalue weighted by atomic mass is 9.83. The molecule has 1 aliphatic carbocycles. The zero-order valence-electron chi connectivity index (χ0n) is 15.8. The summed E-state index contributed by atoms with van der Waals surface area (Å²) in [6, 6.07) is 6.44. The van der Waals surface area contributed by atoms with Gasteiger partial charge >= 0.3 is 0 Å². The van der Waals surface area contributed by atoms with E-state index in [1.165, 1.54) is 24.0 Å². The minimum atomic E-state index is 0.454. The van der Waals surface area contributed by atoms with Gasteiger partial charge in [-0.2, -0.15) is 0 Å². The Morgan fingerprint density at radius 3 is 2.93 bits per heavy atom. The van der Waals surface area contributed by atoms with E-state index in [0.29, 0.717) is 11.9 Å². The van der Waals surface area contributed by atoms with Crippen molar-refractivity contribution in [3.05, 3.63) is 40.9 Å². The fraction of sp³-hybridized carbons (Fsp3) is 0.500. The Labute approximate surface area is 164 Å². The Morgan fingerprint density at radius 1 is 1.33 bits per heavy atom. The monoisotopic (exact) mass is 385 g/mol. The molecule has 1 atom stereocenters. The number of piperazine rings is 1. The van der Waals surface area contributed by atoms with Crippen molar-refractivity contribution in [2.75, 3.05) is 44.7 Å². The molecule has 2 heterocycles. The van der Waals surface area contributed by atoms with Crippen LogP contribution in [0.2, 0.25) is 0 Å². The molecule has 1 aromatic heterocycles. The minimum absolute atomic E-state index is 0.454. The third kappa shape index (κ3) is 4.03. The van der Waals surface area contributed by atoms with Crippen LogP contribution in [0.1, 0.15) is 29.9 Å². The predicted octanol–water partition coefficient (Wildman–Crippen LogP) is 2.71. The topological polar surface area (TPSA) is 67.0 Å². The highest BCUT2D eigenvalue weighted by Gasteiger charge is 2.22. The average molecular weight is 386 g/mol. The predicted molar refractivity (Wildman–Crippen MR) is 111 cm³/mol. The normalized spacial score (nSPS) is 20.5. The number of rotatable bonds is 4. The van der Waals surface area contributed by atoms with E-state index >= 15 is 0 Å². The standard InChI is InChI=1S/C20H27N5OS/c1-26-17-5-6-18-15(13-17)3-2-4-16(18)14-23-19(21)24-8-10-25(11-9-24)20-22-7-12-27-20/h5-7,12-13,16H,2-4,8-11,14H2,1H3,(H2,21,23). The third-order valence-corrected chi connectivity index (χ3v) is 6.39. The lowest BCUT2D eigenvalue weighted by molar-refractivity contribution is 0.379. The number of aryl methyl sites for hydroxylation is 1. The molecule has 0 saturated carbocycles. The largest absolute Gasteiger partial charge is 0.497 e. The quantitative estimate of drug-likeness (QED) is 0.647. The zero-order chi connectivity index (χ0) is 18.6. The molecule has 0 spiro atoms. The first kappa shape index (κ1) is 18.1. The van der Waals surface area contributed by atoms with Crippen LogP contribution in [0.15, 0.2) is 34.8 Å². The second-order valence-electron chi connectivity index (χ2n) is 7.14. The molecule has 2 aliphatic rings. The van der Waals surface area contributed by atoms with Crippen LogP contribution >= 0.6 is 11.3 Å². The Morgan fingerprint density at radius 2 is 2.19 bits per heavy atom. The van der Waals surface area contributed by atoms with Gasteiger partial charge < -0.3 is 20.3 Å². The van der Waals surface area contributed by atoms with Crippen LogP contribution < -0.4 is 15.4 Å². The average Bonchev–Trinajstić information content (AvgIpc) is 3.26. The Kier molecular flexibility index (Phi) is 5.48. The maximum atomic E-state index is 6.32. The number of aromatic nitrogens is 1. The number of aliphatic imine (C=N–C) groups is 1. The SMILES string of the molecule is COc1ccc2c(c1)CCCC2CN=C(N)N1CCN(c2nccs2)CC1. The van der Waals surface area contributed by atoms with Crippen molar-refractivity contribution >= 4 is 22.4 Å². The van der Waals surface area contributed by atoms with E-state index < -0.39 is 0 Å². The van der Waals surface area contributed by atoms with Gasteiger partial charge in [0.15, 0.2) is 11.1 Å². The smallest absolute Gasteiger partial charge is 0.191 e. The minimum Gasteiger partial charge on any atom is -0.497 e. The van der Waals surface area contributed by atoms with Crippen LogP contribution in [-0.4, -0.2) is 55.7 Å². The summed E-state index contributed by atoms with van der Waals surface area (Å²) in [6.07, 6.45) is 5.36. The number of benzene rings is 1. The highest BCUT2D eigenvalue weighted by atomic mass is 32.1. The summed E-state index contributed by atoms with van der Waals surface area (Å²) in [6.45, 7) is 4.43. The summed E-state index contributed by atoms with van der Waals surface area (Å²) in [5, 5.41) is 3.12. The van der Waals surface area contributed by atoms with Crippen LogP contribution in [0.3, 0.4) is 0 Å². The molecule has 1 aliphatic heterocycles. The molecule has 1 fully saturated rings. The van der Waals surface area contributed by atoms with Gasteiger partial charge in [-0.15, -0.1) is 11.3 Å². The Balaban J connectivity index is 1.36. The number of nitrogens with two attached hydrogens (primary N) is 1. The second kappa shape index (κ2) is 8.17. The highest BCUT2D eigenvalue weighted by Crippen LogP contribution is 2.34. The summed E-state index contributed by atoms with van der Waals surface area (Å²) < 4.78 is 5.37. The van der Waals surface area contributed by atoms with E-state index in [-0.39, 0.29) is 0 Å². The number of hydrogen-bond acceptors (Lipinski definition) is 5. The van der Waals surface area contributed by atoms with Gasteiger partial charge in [0.05, 0.1) is 7.11 Å². The lowest BCUT2D eigenvalue weighted by Crippen LogP contribution is -2.51. The Hall–Kier alpha value is -2.28. The van der Waals surface area contributed by atoms with E-state index in [2.05, 4.69) is 33.0 Å². The van der Waals surface area contributed by atoms with Crippen molar-refractivity contribution in [2.24, 2.45) is 10.7 Å². The van der Waals surface area contributed by atoms with Crippen LogP contribution in [0.5, 0.6) is 5.75 Å². The number of thiazole rings is 1. The fourth-order valence-corrected chi connectivity index (χ4v) is 4.71. The molecule has 2 aromatic rings. The molecule has 1 unspecified atom stereocenters. The lowest BCUT2D eigenvalue weighted by Gasteiger charge is -2.35. The summed E-state index contributed by atoms with van der Waals surface area (Å²) in [7, 11) is 1.72. The summed E-state index contributed by atoms with van der Waals surface area (Å²) in [4.78, 5) is 13.7. The van der Waals surface area contributed by atoms with E-state index in [4.69, 9.17) is 15.5 Å². The molecular formula is C20H27N5OS. The van der Waals surface area contributed by atoms with Gasteiger partial charge in [0.2, 0.25) is 0 Å². The van der Waals surface area contributed by atoms with E-state index in [0.717, 1.165) is 50.0 Å². The van der Waals surface area contributed by atoms with Gasteiger partial charge in [-0.25, -0.2) is 4.98 Å². The van der Waals surface area contributed by atoms with Crippen molar-refractivity contribution in [1.82, 2.24) is 9.88 Å². The number of fused-ring (bicyclic) bond motifs is 1. The van der Waals surface area contributed by atoms with Gasteiger partial charge in [-0.05, 0) is 42.5 Å². The molecule has 0 amide bonds. The summed E-state index contributed by atoms with van der Waals surface area (Å²) >= 11 is 1.69. The van der Waals surface area contributed by atoms with Crippen molar-refractivity contribution in [2.45, 2.75) is 25.2 Å². The fourth-order valence-electron chi connectivity index (χ4n) is 4.01. The van der Waals surface area contributed by atoms with Crippen LogP contribution in [0, 0.1) is 0 Å². The second-order valence-corrected chi connectivity index (χ2v) is 8.01. The molecule has 27 heavy (non-hydrogen) atoms. The summed E-state index contributed by atoms with van der Waals surface area (Å²) in [5.74, 6) is 2.07. The van der Waals surface area contributed by atoms with Crippen LogP contribution in [0.25, 0.3) is 0 Å². The van der Waals surface area contributed by atoms with Crippen LogP contribution in [0.4, 0.5) is 5.13 Å². The first-order valence-corrected chi connectivity index (χ1v) is 10.5. The number of methoxy groups -OCH3 is 1. The van der Waals surface area contributed by atoms with E-state index in [1.54, 1.807) is 18.4 Å². The summed E-state index contributed by atoms with van der Waals surface area (Å²) in [5.41, 5.74) is 9.13. The Bertz CT molecular complexity index is 784. The number of hydrogen-bond donors (Lipinski definition) is 1. The molecule has 2 N–H and O–H groups in total. The third-order valence-electron chi connectivity index (χ3n) is 5.56. The highest BCUT2D eigenvalue weighted by molar-refractivity contribution is 7.13. The molecule has 7 heteroatoms. The maximum absolute atomic E-state index is 6.32. The number of nitrogens with zero attached hydrogens (tertiary/aromatic N) is 4. The molecule has 144 valence electrons. The zero-order valence-corrected chi connectivity index (χ0v) is 16.6. The molecular weight excluding hydrogens is 358 g/mol. The first-order chi connectivity index (χ1) is 13.2. The van der Waals surface area contributed by atoms with Gasteiger partial charge in [0.1, 0.15) is 5.75 Å². The van der Waals surface area contributed by atoms with E-state index in [1.807, 2.05) is 11.6 Å². The molecule has 1 saturated heterocycles. The van der Waals surface area contributed by atoms with Crippen molar-refractivity contribution in [3.8, 4) is 5.75 Å². The molecule has 0 bridgehead atoms. The van der Waals surface area contributed by atoms with Crippen molar-refractivity contribution in [1.29, 1.82) is 0 Å². The first-order valence-electron chi connectivity index (χ1n) is 9.60. The van der Waals surface area contributed by atoms with Gasteiger partial charge in [-0.1, -0.05) is 6.07 Å². The number of anilines is 1. The molecule has 1 aromatic carbocycles. The van der Waals surface area contributed by atoms with Gasteiger partial charge in [0, 0.05) is 50.2 Å². The molecule has 4 rings (SSSR count). The van der Waals surface area contributed by atoms with Crippen molar-refractivity contribution in [3.63, 3.8) is 0 Å². The maximum Gasteiger partial charge on any atom is 0.191 e. The van der Waals surface area contributed by atoms with E-state index in [9.17, 15) is 0 Å². The van der Waals surface area contributed by atoms with Crippen molar-refractivity contribution < 1.29 is 4.74 Å². The van der Waals surface area contributed by atoms with Crippen LogP contribution in [-0.2, 0) is 6.42 Å².